The number of likely N-dealkylation sites (tertiary alicyclic amines) is 1. The number of carbonyl (C=O) groups excluding carboxylic acids is 5. The number of rotatable bonds is 15. The van der Waals surface area contributed by atoms with Crippen LogP contribution < -0.4 is 10.5 Å². The molecule has 2 fully saturated rings. The van der Waals surface area contributed by atoms with E-state index in [4.69, 9.17) is 36.5 Å². The molecular formula is C67H70ClF3N4O9. The van der Waals surface area contributed by atoms with Crippen molar-refractivity contribution in [1.82, 2.24) is 9.96 Å². The van der Waals surface area contributed by atoms with Gasteiger partial charge in [0.2, 0.25) is 0 Å². The molecule has 1 saturated heterocycles. The molecule has 2 N–H and O–H groups in total. The number of ether oxygens (including phenoxy) is 2. The summed E-state index contributed by atoms with van der Waals surface area (Å²) in [7, 11) is 0. The van der Waals surface area contributed by atoms with Gasteiger partial charge in [0.25, 0.3) is 23.5 Å². The number of benzene rings is 7. The molecule has 3 heterocycles. The van der Waals surface area contributed by atoms with Crippen molar-refractivity contribution >= 4 is 46.8 Å². The molecule has 7 aromatic rings. The minimum atomic E-state index is -1.04. The Morgan fingerprint density at radius 3 is 1.80 bits per heavy atom. The monoisotopic (exact) mass is 1170 g/mol. The fraction of sp³-hybridized carbons (Fsp3) is 0.284. The number of halogens is 4. The highest BCUT2D eigenvalue weighted by Crippen LogP contribution is 2.35. The number of aryl methyl sites for hydroxylation is 1. The van der Waals surface area contributed by atoms with Crippen LogP contribution in [-0.2, 0) is 30.4 Å². The molecule has 3 amide bonds. The van der Waals surface area contributed by atoms with Crippen molar-refractivity contribution in [2.75, 3.05) is 26.2 Å². The van der Waals surface area contributed by atoms with Gasteiger partial charge in [0, 0.05) is 16.7 Å². The molecule has 84 heavy (non-hydrogen) atoms. The number of amides is 3. The zero-order chi connectivity index (χ0) is 59.6. The number of hydrogen-bond acceptors (Lipinski definition) is 11. The van der Waals surface area contributed by atoms with Crippen LogP contribution in [0.4, 0.5) is 13.2 Å². The summed E-state index contributed by atoms with van der Waals surface area (Å²) in [6.07, 6.45) is 6.59. The van der Waals surface area contributed by atoms with E-state index >= 15 is 0 Å². The van der Waals surface area contributed by atoms with E-state index in [1.807, 2.05) is 39.0 Å². The van der Waals surface area contributed by atoms with Gasteiger partial charge in [0.15, 0.2) is 11.8 Å². The van der Waals surface area contributed by atoms with E-state index in [2.05, 4.69) is 22.2 Å². The van der Waals surface area contributed by atoms with Crippen LogP contribution in [-0.4, -0.2) is 77.5 Å². The quantitative estimate of drug-likeness (QED) is 0.0452. The molecule has 0 radical (unpaired) electrons. The van der Waals surface area contributed by atoms with Gasteiger partial charge in [-0.15, -0.1) is 5.06 Å². The van der Waals surface area contributed by atoms with Crippen LogP contribution >= 0.6 is 11.6 Å². The Morgan fingerprint density at radius 2 is 1.26 bits per heavy atom. The number of imide groups is 1. The molecule has 0 bridgehead atoms. The summed E-state index contributed by atoms with van der Waals surface area (Å²) >= 11 is 6.27. The molecule has 0 spiro atoms. The van der Waals surface area contributed by atoms with Crippen LogP contribution in [0.25, 0.3) is 22.3 Å². The topological polar surface area (TPSA) is 167 Å². The van der Waals surface area contributed by atoms with Crippen molar-refractivity contribution in [3.63, 3.8) is 0 Å². The van der Waals surface area contributed by atoms with Crippen molar-refractivity contribution in [3.8, 4) is 28.0 Å². The average Bonchev–Trinajstić information content (AvgIpc) is 2.77. The van der Waals surface area contributed by atoms with Crippen molar-refractivity contribution in [2.45, 2.75) is 98.9 Å². The number of ketones is 1. The number of nitrogens with two attached hydrogens (primary N) is 1. The first-order chi connectivity index (χ1) is 40.1. The van der Waals surface area contributed by atoms with Gasteiger partial charge in [0.05, 0.1) is 28.9 Å². The summed E-state index contributed by atoms with van der Waals surface area (Å²) in [5, 5.41) is 5.18. The third-order valence-corrected chi connectivity index (χ3v) is 13.8. The van der Waals surface area contributed by atoms with Crippen molar-refractivity contribution in [1.29, 1.82) is 0 Å². The fourth-order valence-electron chi connectivity index (χ4n) is 9.15. The number of esters is 1. The summed E-state index contributed by atoms with van der Waals surface area (Å²) in [5.74, 6) is -3.81. The van der Waals surface area contributed by atoms with Gasteiger partial charge in [-0.2, -0.15) is 0 Å². The predicted octanol–water partition coefficient (Wildman–Crippen LogP) is 14.7. The second kappa shape index (κ2) is 31.3. The first kappa shape index (κ1) is 64.7. The lowest BCUT2D eigenvalue weighted by Crippen LogP contribution is -2.31. The Morgan fingerprint density at radius 1 is 0.714 bits per heavy atom. The average molecular weight is 1170 g/mol. The SMILES string of the molecule is C.CC.CC1ON=C(C(N)=O)c2ccc(-c3ccc(F)cc3)cc21.CCOC(=O)C(=O)c1ccc(-c2ccc(F)cc2)cc1C(C)ON1C(=O)c2ccccc2C1=O.Clc1cc(CCCN2CCCC2)ccc1OC1CC1.Fc1ccccc1. The molecule has 7 aromatic carbocycles. The number of Topliss-reactive ketones (excluding diaryl/α,β-unsaturated/α-hetero) is 1. The zero-order valence-corrected chi connectivity index (χ0v) is 47.7. The van der Waals surface area contributed by atoms with Gasteiger partial charge in [-0.05, 0) is 191 Å². The van der Waals surface area contributed by atoms with Gasteiger partial charge in [-0.25, -0.2) is 18.0 Å². The smallest absolute Gasteiger partial charge is 0.379 e. The summed E-state index contributed by atoms with van der Waals surface area (Å²) in [4.78, 5) is 75.2. The number of oxime groups is 1. The van der Waals surface area contributed by atoms with Gasteiger partial charge in [-0.3, -0.25) is 24.0 Å². The van der Waals surface area contributed by atoms with Crippen LogP contribution in [0.5, 0.6) is 5.75 Å². The molecule has 13 nitrogen and oxygen atoms in total. The van der Waals surface area contributed by atoms with E-state index in [-0.39, 0.29) is 59.7 Å². The van der Waals surface area contributed by atoms with E-state index in [9.17, 15) is 37.1 Å². The number of primary amides is 1. The Hall–Kier alpha value is -8.44. The lowest BCUT2D eigenvalue weighted by molar-refractivity contribution is -0.137. The summed E-state index contributed by atoms with van der Waals surface area (Å²) in [5.41, 5.74) is 12.0. The number of nitrogens with zero attached hydrogens (tertiary/aromatic N) is 3. The molecule has 4 aliphatic rings. The minimum Gasteiger partial charge on any atom is -0.489 e. The maximum absolute atomic E-state index is 13.4. The highest BCUT2D eigenvalue weighted by Gasteiger charge is 2.38. The van der Waals surface area contributed by atoms with Crippen molar-refractivity contribution < 1.29 is 56.3 Å². The third kappa shape index (κ3) is 17.3. The highest BCUT2D eigenvalue weighted by atomic mass is 35.5. The van der Waals surface area contributed by atoms with Crippen LogP contribution in [0.15, 0.2) is 163 Å². The van der Waals surface area contributed by atoms with Crippen molar-refractivity contribution in [2.24, 2.45) is 10.9 Å². The Balaban J connectivity index is 0.000000195. The number of hydroxylamine groups is 2. The lowest BCUT2D eigenvalue weighted by atomic mass is 9.93. The predicted molar refractivity (Wildman–Crippen MR) is 320 cm³/mol. The standard InChI is InChI=1S/C26H20FNO6.C16H22ClNO.C16H13FN2O2.C6H5F.C2H6.CH4/c1-3-33-26(32)23(29)19-13-10-17(16-8-11-18(27)12-9-16)14-22(19)15(2)34-28-24(30)20-6-4-5-7-21(20)25(28)31;17-15-12-13(4-3-11-18-9-1-2-10-18)5-8-16(15)19-14-6-7-14;1-9-14-8-11(10-2-5-12(17)6-3-10)4-7-13(14)15(16(18)20)19-21-9;7-6-4-2-1-3-5-6;1-2;/h4-15H,3H2,1-2H3;5,8,12,14H,1-4,6-7,9-11H2;2-9H,1H3,(H2,18,20);1-5H;1-2H3;1H4. The fourth-order valence-corrected chi connectivity index (χ4v) is 9.40. The maximum Gasteiger partial charge on any atom is 0.379 e. The van der Waals surface area contributed by atoms with E-state index in [0.717, 1.165) is 33.9 Å². The Kier molecular flexibility index (Phi) is 24.1. The van der Waals surface area contributed by atoms with Gasteiger partial charge in [0.1, 0.15) is 29.3 Å². The third-order valence-electron chi connectivity index (χ3n) is 13.5. The highest BCUT2D eigenvalue weighted by molar-refractivity contribution is 6.45. The minimum absolute atomic E-state index is 0. The Labute approximate surface area is 494 Å². The molecule has 1 saturated carbocycles. The second-order valence-electron chi connectivity index (χ2n) is 19.4. The molecule has 1 aliphatic carbocycles. The molecule has 440 valence electrons. The van der Waals surface area contributed by atoms with E-state index in [0.29, 0.717) is 27.9 Å². The molecule has 17 heteroatoms. The summed E-state index contributed by atoms with van der Waals surface area (Å²) in [6.45, 7) is 12.8. The molecule has 3 aliphatic heterocycles. The normalized spacial score (nSPS) is 14.9. The van der Waals surface area contributed by atoms with Gasteiger partial charge >= 0.3 is 5.97 Å². The largest absolute Gasteiger partial charge is 0.489 e. The zero-order valence-electron chi connectivity index (χ0n) is 46.9. The Bertz CT molecular complexity index is 3370. The van der Waals surface area contributed by atoms with E-state index in [1.165, 1.54) is 112 Å². The first-order valence-electron chi connectivity index (χ1n) is 27.7. The summed E-state index contributed by atoms with van der Waals surface area (Å²) < 4.78 is 48.9. The number of hydrogen-bond donors (Lipinski definition) is 1. The molecule has 2 unspecified atom stereocenters. The molecule has 11 rings (SSSR count). The van der Waals surface area contributed by atoms with Crippen LogP contribution in [0.1, 0.15) is 140 Å². The number of carbonyl (C=O) groups is 5. The van der Waals surface area contributed by atoms with E-state index < -0.39 is 41.4 Å². The number of fused-ring (bicyclic) bond motifs is 2. The summed E-state index contributed by atoms with van der Waals surface area (Å²) in [6, 6.07) is 42.7. The van der Waals surface area contributed by atoms with E-state index in [1.54, 1.807) is 86.6 Å². The molecule has 0 aromatic heterocycles. The van der Waals surface area contributed by atoms with Crippen LogP contribution in [0, 0.1) is 17.5 Å². The maximum atomic E-state index is 13.4. The first-order valence-corrected chi connectivity index (χ1v) is 28.0. The second-order valence-corrected chi connectivity index (χ2v) is 19.9. The van der Waals surface area contributed by atoms with Gasteiger partial charge < -0.3 is 24.9 Å². The van der Waals surface area contributed by atoms with Crippen molar-refractivity contribution in [3.05, 3.63) is 219 Å². The lowest BCUT2D eigenvalue weighted by Gasteiger charge is -2.22. The van der Waals surface area contributed by atoms with Crippen LogP contribution in [0.2, 0.25) is 5.02 Å². The van der Waals surface area contributed by atoms with Gasteiger partial charge in [-0.1, -0.05) is 117 Å². The van der Waals surface area contributed by atoms with Crippen LogP contribution in [0.3, 0.4) is 0 Å². The molecular weight excluding hydrogens is 1100 g/mol. The molecule has 2 atom stereocenters.